The van der Waals surface area contributed by atoms with Crippen molar-refractivity contribution >= 4 is 38.5 Å². The number of carbonyl (C=O) groups is 1. The first-order valence-electron chi connectivity index (χ1n) is 7.14. The number of para-hydroxylation sites is 1. The number of anilines is 1. The van der Waals surface area contributed by atoms with Crippen LogP contribution in [-0.2, 0) is 0 Å². The quantitative estimate of drug-likeness (QED) is 0.665. The molecule has 0 radical (unpaired) electrons. The SMILES string of the molecule is CC(C)c1ccccc1NC(=O)c1cc2cc(Br)ccc2o1. The molecule has 0 saturated heterocycles. The van der Waals surface area contributed by atoms with Crippen molar-refractivity contribution in [1.82, 2.24) is 0 Å². The first-order chi connectivity index (χ1) is 10.5. The molecule has 1 aromatic heterocycles. The monoisotopic (exact) mass is 357 g/mol. The highest BCUT2D eigenvalue weighted by Crippen LogP contribution is 2.26. The molecule has 22 heavy (non-hydrogen) atoms. The van der Waals surface area contributed by atoms with Crippen LogP contribution < -0.4 is 5.32 Å². The van der Waals surface area contributed by atoms with E-state index >= 15 is 0 Å². The fourth-order valence-corrected chi connectivity index (χ4v) is 2.80. The highest BCUT2D eigenvalue weighted by atomic mass is 79.9. The number of furan rings is 1. The van der Waals surface area contributed by atoms with Gasteiger partial charge in [0.1, 0.15) is 5.58 Å². The second-order valence-electron chi connectivity index (χ2n) is 5.49. The molecule has 1 heterocycles. The Morgan fingerprint density at radius 1 is 1.14 bits per heavy atom. The molecule has 0 aliphatic carbocycles. The number of fused-ring (bicyclic) bond motifs is 1. The topological polar surface area (TPSA) is 42.2 Å². The summed E-state index contributed by atoms with van der Waals surface area (Å²) in [6.07, 6.45) is 0. The molecule has 0 fully saturated rings. The molecule has 0 unspecified atom stereocenters. The van der Waals surface area contributed by atoms with Crippen molar-refractivity contribution in [2.75, 3.05) is 5.32 Å². The lowest BCUT2D eigenvalue weighted by molar-refractivity contribution is 0.0998. The predicted molar refractivity (Wildman–Crippen MR) is 92.4 cm³/mol. The van der Waals surface area contributed by atoms with E-state index in [1.165, 1.54) is 0 Å². The van der Waals surface area contributed by atoms with Crippen molar-refractivity contribution in [2.45, 2.75) is 19.8 Å². The van der Waals surface area contributed by atoms with Crippen LogP contribution in [-0.4, -0.2) is 5.91 Å². The van der Waals surface area contributed by atoms with Crippen molar-refractivity contribution in [3.63, 3.8) is 0 Å². The van der Waals surface area contributed by atoms with Crippen LogP contribution >= 0.6 is 15.9 Å². The highest BCUT2D eigenvalue weighted by Gasteiger charge is 2.15. The Morgan fingerprint density at radius 3 is 2.68 bits per heavy atom. The summed E-state index contributed by atoms with van der Waals surface area (Å²) >= 11 is 3.42. The van der Waals surface area contributed by atoms with E-state index in [4.69, 9.17) is 4.42 Å². The normalized spacial score (nSPS) is 11.1. The summed E-state index contributed by atoms with van der Waals surface area (Å²) < 4.78 is 6.58. The highest BCUT2D eigenvalue weighted by molar-refractivity contribution is 9.10. The van der Waals surface area contributed by atoms with Crippen molar-refractivity contribution in [2.24, 2.45) is 0 Å². The zero-order valence-corrected chi connectivity index (χ0v) is 14.0. The average Bonchev–Trinajstić information content (AvgIpc) is 2.90. The van der Waals surface area contributed by atoms with E-state index in [2.05, 4.69) is 35.1 Å². The minimum Gasteiger partial charge on any atom is -0.451 e. The summed E-state index contributed by atoms with van der Waals surface area (Å²) in [5, 5.41) is 3.84. The summed E-state index contributed by atoms with van der Waals surface area (Å²) in [7, 11) is 0. The molecule has 112 valence electrons. The molecule has 4 heteroatoms. The molecule has 0 aliphatic rings. The van der Waals surface area contributed by atoms with Crippen molar-refractivity contribution in [3.05, 3.63) is 64.3 Å². The van der Waals surface area contributed by atoms with Gasteiger partial charge in [-0.2, -0.15) is 0 Å². The van der Waals surface area contributed by atoms with Crippen molar-refractivity contribution in [3.8, 4) is 0 Å². The molecule has 2 aromatic carbocycles. The van der Waals surface area contributed by atoms with E-state index in [0.717, 1.165) is 21.1 Å². The lowest BCUT2D eigenvalue weighted by atomic mass is 10.0. The summed E-state index contributed by atoms with van der Waals surface area (Å²) in [5.41, 5.74) is 2.63. The molecule has 0 saturated carbocycles. The number of hydrogen-bond acceptors (Lipinski definition) is 2. The fraction of sp³-hybridized carbons (Fsp3) is 0.167. The van der Waals surface area contributed by atoms with Gasteiger partial charge in [0.05, 0.1) is 0 Å². The van der Waals surface area contributed by atoms with Gasteiger partial charge in [0.25, 0.3) is 5.91 Å². The predicted octanol–water partition coefficient (Wildman–Crippen LogP) is 5.57. The molecule has 0 atom stereocenters. The van der Waals surface area contributed by atoms with Crippen LogP contribution in [0.1, 0.15) is 35.9 Å². The van der Waals surface area contributed by atoms with Crippen LogP contribution in [0.4, 0.5) is 5.69 Å². The molecular weight excluding hydrogens is 342 g/mol. The number of rotatable bonds is 3. The standard InChI is InChI=1S/C18H16BrNO2/c1-11(2)14-5-3-4-6-15(14)20-18(21)17-10-12-9-13(19)7-8-16(12)22-17/h3-11H,1-2H3,(H,20,21). The number of carbonyl (C=O) groups excluding carboxylic acids is 1. The summed E-state index contributed by atoms with van der Waals surface area (Å²) in [4.78, 5) is 12.4. The van der Waals surface area contributed by atoms with Gasteiger partial charge >= 0.3 is 0 Å². The van der Waals surface area contributed by atoms with Crippen LogP contribution in [0.2, 0.25) is 0 Å². The molecule has 0 spiro atoms. The molecular formula is C18H16BrNO2. The Hall–Kier alpha value is -2.07. The van der Waals surface area contributed by atoms with Gasteiger partial charge in [0.15, 0.2) is 5.76 Å². The van der Waals surface area contributed by atoms with Gasteiger partial charge in [-0.15, -0.1) is 0 Å². The maximum atomic E-state index is 12.4. The Labute approximate surface area is 137 Å². The maximum Gasteiger partial charge on any atom is 0.291 e. The Kier molecular flexibility index (Phi) is 4.03. The minimum atomic E-state index is -0.236. The summed E-state index contributed by atoms with van der Waals surface area (Å²) in [5.74, 6) is 0.412. The van der Waals surface area contributed by atoms with Gasteiger partial charge in [-0.05, 0) is 41.8 Å². The molecule has 0 bridgehead atoms. The minimum absolute atomic E-state index is 0.236. The maximum absolute atomic E-state index is 12.4. The van der Waals surface area contributed by atoms with E-state index in [1.54, 1.807) is 6.07 Å². The van der Waals surface area contributed by atoms with E-state index in [-0.39, 0.29) is 5.91 Å². The van der Waals surface area contributed by atoms with Crippen LogP contribution in [0, 0.1) is 0 Å². The van der Waals surface area contributed by atoms with Gasteiger partial charge in [-0.25, -0.2) is 0 Å². The third-order valence-corrected chi connectivity index (χ3v) is 4.03. The van der Waals surface area contributed by atoms with Gasteiger partial charge in [0.2, 0.25) is 0 Å². The smallest absolute Gasteiger partial charge is 0.291 e. The number of halogens is 1. The summed E-state index contributed by atoms with van der Waals surface area (Å²) in [6, 6.07) is 15.2. The molecule has 1 N–H and O–H groups in total. The van der Waals surface area contributed by atoms with Gasteiger partial charge < -0.3 is 9.73 Å². The van der Waals surface area contributed by atoms with Crippen molar-refractivity contribution < 1.29 is 9.21 Å². The van der Waals surface area contributed by atoms with Crippen LogP contribution in [0.25, 0.3) is 11.0 Å². The molecule has 1 amide bonds. The van der Waals surface area contributed by atoms with Crippen LogP contribution in [0.3, 0.4) is 0 Å². The second-order valence-corrected chi connectivity index (χ2v) is 6.40. The lowest BCUT2D eigenvalue weighted by Crippen LogP contribution is -2.12. The Morgan fingerprint density at radius 2 is 1.91 bits per heavy atom. The lowest BCUT2D eigenvalue weighted by Gasteiger charge is -2.12. The van der Waals surface area contributed by atoms with E-state index in [0.29, 0.717) is 17.3 Å². The number of amides is 1. The second kappa shape index (κ2) is 5.97. The van der Waals surface area contributed by atoms with Crippen LogP contribution in [0.15, 0.2) is 57.4 Å². The number of benzene rings is 2. The average molecular weight is 358 g/mol. The molecule has 3 rings (SSSR count). The number of hydrogen-bond donors (Lipinski definition) is 1. The van der Waals surface area contributed by atoms with Gasteiger partial charge in [0, 0.05) is 15.5 Å². The molecule has 3 nitrogen and oxygen atoms in total. The first-order valence-corrected chi connectivity index (χ1v) is 7.93. The summed E-state index contributed by atoms with van der Waals surface area (Å²) in [6.45, 7) is 4.20. The Bertz CT molecular complexity index is 836. The van der Waals surface area contributed by atoms with E-state index in [1.807, 2.05) is 42.5 Å². The Balaban J connectivity index is 1.90. The van der Waals surface area contributed by atoms with E-state index < -0.39 is 0 Å². The van der Waals surface area contributed by atoms with Gasteiger partial charge in [-0.1, -0.05) is 48.0 Å². The fourth-order valence-electron chi connectivity index (χ4n) is 2.42. The molecule has 0 aliphatic heterocycles. The number of nitrogens with one attached hydrogen (secondary N) is 1. The third-order valence-electron chi connectivity index (χ3n) is 3.53. The zero-order valence-electron chi connectivity index (χ0n) is 12.4. The van der Waals surface area contributed by atoms with E-state index in [9.17, 15) is 4.79 Å². The zero-order chi connectivity index (χ0) is 15.7. The molecule has 3 aromatic rings. The van der Waals surface area contributed by atoms with Gasteiger partial charge in [-0.3, -0.25) is 4.79 Å². The van der Waals surface area contributed by atoms with Crippen molar-refractivity contribution in [1.29, 1.82) is 0 Å². The largest absolute Gasteiger partial charge is 0.451 e. The van der Waals surface area contributed by atoms with Crippen LogP contribution in [0.5, 0.6) is 0 Å². The first kappa shape index (κ1) is 14.9. The third kappa shape index (κ3) is 2.92.